The fraction of sp³-hybridized carbons (Fsp3) is 0.643. The number of pyridine rings is 1. The number of nitrogens with zero attached hydrogens (tertiary/aromatic N) is 1. The molecular weight excluding hydrogens is 210 g/mol. The van der Waals surface area contributed by atoms with E-state index in [2.05, 4.69) is 35.5 Å². The van der Waals surface area contributed by atoms with Crippen molar-refractivity contribution in [1.29, 1.82) is 0 Å². The third-order valence-corrected chi connectivity index (χ3v) is 3.52. The van der Waals surface area contributed by atoms with E-state index in [9.17, 15) is 0 Å². The van der Waals surface area contributed by atoms with Gasteiger partial charge in [-0.1, -0.05) is 6.07 Å². The van der Waals surface area contributed by atoms with Crippen LogP contribution in [0.4, 0.5) is 0 Å². The van der Waals surface area contributed by atoms with Crippen LogP contribution in [0.15, 0.2) is 24.5 Å². The summed E-state index contributed by atoms with van der Waals surface area (Å²) >= 11 is 0. The molecule has 2 N–H and O–H groups in total. The van der Waals surface area contributed by atoms with Gasteiger partial charge in [-0.25, -0.2) is 0 Å². The van der Waals surface area contributed by atoms with Crippen molar-refractivity contribution >= 4 is 0 Å². The molecule has 3 atom stereocenters. The van der Waals surface area contributed by atoms with Crippen molar-refractivity contribution < 1.29 is 0 Å². The Morgan fingerprint density at radius 3 is 3.06 bits per heavy atom. The summed E-state index contributed by atoms with van der Waals surface area (Å²) in [5.41, 5.74) is 1.26. The van der Waals surface area contributed by atoms with Crippen LogP contribution in [-0.4, -0.2) is 23.6 Å². The number of hydrogen-bond donors (Lipinski definition) is 2. The molecule has 0 bridgehead atoms. The fourth-order valence-electron chi connectivity index (χ4n) is 2.61. The monoisotopic (exact) mass is 233 g/mol. The molecule has 3 unspecified atom stereocenters. The molecule has 0 spiro atoms. The average molecular weight is 233 g/mol. The quantitative estimate of drug-likeness (QED) is 0.819. The number of hydrogen-bond acceptors (Lipinski definition) is 3. The zero-order valence-electron chi connectivity index (χ0n) is 10.8. The lowest BCUT2D eigenvalue weighted by atomic mass is 10.0. The Labute approximate surface area is 104 Å². The molecule has 1 fully saturated rings. The van der Waals surface area contributed by atoms with Crippen LogP contribution in [0.2, 0.25) is 0 Å². The molecule has 94 valence electrons. The number of nitrogens with one attached hydrogen (secondary N) is 2. The zero-order chi connectivity index (χ0) is 12.1. The van der Waals surface area contributed by atoms with Gasteiger partial charge in [0.2, 0.25) is 0 Å². The minimum Gasteiger partial charge on any atom is -0.314 e. The van der Waals surface area contributed by atoms with Gasteiger partial charge in [-0.05, 0) is 51.3 Å². The van der Waals surface area contributed by atoms with E-state index in [0.717, 1.165) is 0 Å². The molecule has 0 aromatic carbocycles. The maximum Gasteiger partial charge on any atom is 0.0315 e. The molecule has 2 rings (SSSR count). The summed E-state index contributed by atoms with van der Waals surface area (Å²) in [4.78, 5) is 4.16. The maximum absolute atomic E-state index is 4.16. The molecule has 2 heterocycles. The Kier molecular flexibility index (Phi) is 4.51. The highest BCUT2D eigenvalue weighted by atomic mass is 15.0. The van der Waals surface area contributed by atoms with Crippen molar-refractivity contribution in [2.45, 2.75) is 51.2 Å². The standard InChI is InChI=1S/C14H23N3/c1-11(9-14-6-4-8-16-14)17-12(2)13-5-3-7-15-10-13/h3,5,7,10-12,14,16-17H,4,6,8-9H2,1-2H3. The summed E-state index contributed by atoms with van der Waals surface area (Å²) in [6.07, 6.45) is 7.63. The van der Waals surface area contributed by atoms with Crippen LogP contribution in [0, 0.1) is 0 Å². The van der Waals surface area contributed by atoms with E-state index in [-0.39, 0.29) is 0 Å². The normalized spacial score (nSPS) is 23.5. The highest BCUT2D eigenvalue weighted by Crippen LogP contribution is 2.15. The van der Waals surface area contributed by atoms with Gasteiger partial charge in [0.1, 0.15) is 0 Å². The first-order valence-electron chi connectivity index (χ1n) is 6.65. The molecule has 0 saturated carbocycles. The van der Waals surface area contributed by atoms with E-state index in [0.29, 0.717) is 18.1 Å². The lowest BCUT2D eigenvalue weighted by Crippen LogP contribution is -2.35. The van der Waals surface area contributed by atoms with Crippen LogP contribution in [0.5, 0.6) is 0 Å². The summed E-state index contributed by atoms with van der Waals surface area (Å²) in [6, 6.07) is 5.75. The van der Waals surface area contributed by atoms with Crippen LogP contribution in [0.1, 0.15) is 44.7 Å². The Morgan fingerprint density at radius 1 is 1.53 bits per heavy atom. The van der Waals surface area contributed by atoms with Gasteiger partial charge in [-0.2, -0.15) is 0 Å². The minimum absolute atomic E-state index is 0.375. The lowest BCUT2D eigenvalue weighted by Gasteiger charge is -2.22. The Balaban J connectivity index is 1.79. The van der Waals surface area contributed by atoms with Gasteiger partial charge < -0.3 is 10.6 Å². The van der Waals surface area contributed by atoms with Crippen molar-refractivity contribution in [1.82, 2.24) is 15.6 Å². The highest BCUT2D eigenvalue weighted by Gasteiger charge is 2.18. The van der Waals surface area contributed by atoms with Crippen LogP contribution < -0.4 is 10.6 Å². The molecule has 1 aromatic rings. The van der Waals surface area contributed by atoms with Gasteiger partial charge in [0, 0.05) is 30.5 Å². The average Bonchev–Trinajstić information content (AvgIpc) is 2.82. The molecule has 1 aromatic heterocycles. The van der Waals surface area contributed by atoms with Crippen molar-refractivity contribution in [3.8, 4) is 0 Å². The smallest absolute Gasteiger partial charge is 0.0315 e. The molecule has 3 nitrogen and oxygen atoms in total. The highest BCUT2D eigenvalue weighted by molar-refractivity contribution is 5.12. The molecule has 0 radical (unpaired) electrons. The van der Waals surface area contributed by atoms with Crippen LogP contribution in [0.3, 0.4) is 0 Å². The van der Waals surface area contributed by atoms with Crippen LogP contribution in [-0.2, 0) is 0 Å². The van der Waals surface area contributed by atoms with E-state index < -0.39 is 0 Å². The zero-order valence-corrected chi connectivity index (χ0v) is 10.8. The lowest BCUT2D eigenvalue weighted by molar-refractivity contribution is 0.407. The Morgan fingerprint density at radius 2 is 2.41 bits per heavy atom. The summed E-state index contributed by atoms with van der Waals surface area (Å²) in [5, 5.41) is 7.19. The molecule has 1 aliphatic rings. The van der Waals surface area contributed by atoms with Crippen molar-refractivity contribution in [2.75, 3.05) is 6.54 Å². The predicted molar refractivity (Wildman–Crippen MR) is 70.9 cm³/mol. The molecule has 17 heavy (non-hydrogen) atoms. The van der Waals surface area contributed by atoms with E-state index in [4.69, 9.17) is 0 Å². The van der Waals surface area contributed by atoms with Gasteiger partial charge >= 0.3 is 0 Å². The van der Waals surface area contributed by atoms with Gasteiger partial charge in [-0.15, -0.1) is 0 Å². The topological polar surface area (TPSA) is 37.0 Å². The Bertz CT molecular complexity index is 319. The molecule has 0 amide bonds. The second-order valence-electron chi connectivity index (χ2n) is 5.10. The van der Waals surface area contributed by atoms with Gasteiger partial charge in [-0.3, -0.25) is 4.98 Å². The van der Waals surface area contributed by atoms with Gasteiger partial charge in [0.05, 0.1) is 0 Å². The Hall–Kier alpha value is -0.930. The molecule has 1 saturated heterocycles. The maximum atomic E-state index is 4.16. The van der Waals surface area contributed by atoms with E-state index in [1.165, 1.54) is 31.4 Å². The molecule has 0 aliphatic carbocycles. The molecule has 1 aliphatic heterocycles. The second kappa shape index (κ2) is 6.12. The van der Waals surface area contributed by atoms with E-state index in [1.54, 1.807) is 0 Å². The first-order chi connectivity index (χ1) is 8.25. The van der Waals surface area contributed by atoms with Crippen molar-refractivity contribution in [3.05, 3.63) is 30.1 Å². The predicted octanol–water partition coefficient (Wildman–Crippen LogP) is 2.26. The third-order valence-electron chi connectivity index (χ3n) is 3.52. The fourth-order valence-corrected chi connectivity index (χ4v) is 2.61. The molecule has 3 heteroatoms. The number of aromatic nitrogens is 1. The molecular formula is C14H23N3. The number of rotatable bonds is 5. The second-order valence-corrected chi connectivity index (χ2v) is 5.10. The third kappa shape index (κ3) is 3.79. The van der Waals surface area contributed by atoms with Gasteiger partial charge in [0.25, 0.3) is 0 Å². The van der Waals surface area contributed by atoms with Crippen LogP contribution in [0.25, 0.3) is 0 Å². The van der Waals surface area contributed by atoms with E-state index in [1.807, 2.05) is 18.5 Å². The van der Waals surface area contributed by atoms with Crippen molar-refractivity contribution in [2.24, 2.45) is 0 Å². The summed E-state index contributed by atoms with van der Waals surface area (Å²) < 4.78 is 0. The summed E-state index contributed by atoms with van der Waals surface area (Å²) in [7, 11) is 0. The first kappa shape index (κ1) is 12.5. The largest absolute Gasteiger partial charge is 0.314 e. The summed E-state index contributed by atoms with van der Waals surface area (Å²) in [5.74, 6) is 0. The van der Waals surface area contributed by atoms with Gasteiger partial charge in [0.15, 0.2) is 0 Å². The first-order valence-corrected chi connectivity index (χ1v) is 6.65. The van der Waals surface area contributed by atoms with Crippen molar-refractivity contribution in [3.63, 3.8) is 0 Å². The summed E-state index contributed by atoms with van der Waals surface area (Å²) in [6.45, 7) is 5.66. The minimum atomic E-state index is 0.375. The van der Waals surface area contributed by atoms with E-state index >= 15 is 0 Å². The van der Waals surface area contributed by atoms with Crippen LogP contribution >= 0.6 is 0 Å². The SMILES string of the molecule is CC(CC1CCCN1)NC(C)c1cccnc1.